The Balaban J connectivity index is 0.000000583. The average Bonchev–Trinajstić information content (AvgIpc) is 2.22. The molecule has 0 bridgehead atoms. The second-order valence-electron chi connectivity index (χ2n) is 3.80. The molecule has 0 saturated heterocycles. The first-order valence-corrected chi connectivity index (χ1v) is 11.1. The van der Waals surface area contributed by atoms with Crippen molar-refractivity contribution < 1.29 is 15.4 Å². The van der Waals surface area contributed by atoms with E-state index in [-0.39, 0.29) is 0 Å². The van der Waals surface area contributed by atoms with E-state index in [2.05, 4.69) is 41.5 Å². The molecule has 88 valence electrons. The molecule has 0 atom stereocenters. The van der Waals surface area contributed by atoms with E-state index in [9.17, 15) is 0 Å². The van der Waals surface area contributed by atoms with Crippen molar-refractivity contribution in [2.24, 2.45) is 0 Å². The van der Waals surface area contributed by atoms with Crippen molar-refractivity contribution in [3.8, 4) is 0 Å². The summed E-state index contributed by atoms with van der Waals surface area (Å²) in [5, 5.41) is 0. The molecule has 0 nitrogen and oxygen atoms in total. The van der Waals surface area contributed by atoms with E-state index in [0.29, 0.717) is 0 Å². The topological polar surface area (TPSA) is 0 Å². The third-order valence-corrected chi connectivity index (χ3v) is 3.38. The van der Waals surface area contributed by atoms with Crippen molar-refractivity contribution in [3.05, 3.63) is 33.4 Å². The van der Waals surface area contributed by atoms with Gasteiger partial charge in [0.25, 0.3) is 0 Å². The Labute approximate surface area is 109 Å². The Bertz CT molecular complexity index is 241. The zero-order valence-corrected chi connectivity index (χ0v) is 14.2. The fourth-order valence-corrected chi connectivity index (χ4v) is 1.69. The summed E-state index contributed by atoms with van der Waals surface area (Å²) in [6.45, 7) is 13.3. The predicted octanol–water partition coefficient (Wildman–Crippen LogP) is 4.91. The maximum atomic E-state index is 4.90. The summed E-state index contributed by atoms with van der Waals surface area (Å²) in [7, 11) is 9.81. The van der Waals surface area contributed by atoms with E-state index in [1.807, 2.05) is 0 Å². The summed E-state index contributed by atoms with van der Waals surface area (Å²) < 4.78 is 0. The Morgan fingerprint density at radius 3 is 0.667 bits per heavy atom. The Hall–Kier alpha value is 0.436. The molecule has 0 aromatic heterocycles. The Morgan fingerprint density at radius 2 is 0.600 bits per heavy atom. The van der Waals surface area contributed by atoms with Crippen LogP contribution in [0.4, 0.5) is 0 Å². The zero-order valence-electron chi connectivity index (χ0n) is 10.1. The molecule has 0 spiro atoms. The van der Waals surface area contributed by atoms with Crippen LogP contribution in [0.1, 0.15) is 33.4 Å². The first kappa shape index (κ1) is 15.4. The third-order valence-electron chi connectivity index (χ3n) is 3.38. The molecule has 0 radical (unpaired) electrons. The monoisotopic (exact) mass is 424 g/mol. The van der Waals surface area contributed by atoms with Crippen LogP contribution in [0.3, 0.4) is 0 Å². The molecule has 0 N–H and O–H groups in total. The molecular formula is C12H18Cl2Os. The van der Waals surface area contributed by atoms with Gasteiger partial charge in [0.15, 0.2) is 0 Å². The maximum absolute atomic E-state index is 4.90. The van der Waals surface area contributed by atoms with Crippen LogP contribution in [0, 0.1) is 41.5 Å². The predicted molar refractivity (Wildman–Crippen MR) is 66.6 cm³/mol. The van der Waals surface area contributed by atoms with E-state index in [1.54, 1.807) is 0 Å². The zero-order chi connectivity index (χ0) is 12.2. The first-order chi connectivity index (χ1) is 6.88. The molecular weight excluding hydrogens is 405 g/mol. The molecule has 0 saturated carbocycles. The average molecular weight is 423 g/mol. The van der Waals surface area contributed by atoms with E-state index < -0.39 is 15.4 Å². The fourth-order valence-electron chi connectivity index (χ4n) is 1.69. The van der Waals surface area contributed by atoms with Crippen molar-refractivity contribution in [1.82, 2.24) is 0 Å². The fraction of sp³-hybridized carbons (Fsp3) is 0.500. The number of rotatable bonds is 0. The molecule has 3 heteroatoms. The summed E-state index contributed by atoms with van der Waals surface area (Å²) in [5.41, 5.74) is 8.73. The van der Waals surface area contributed by atoms with E-state index in [4.69, 9.17) is 19.3 Å². The quantitative estimate of drug-likeness (QED) is 0.556. The molecule has 1 aromatic carbocycles. The van der Waals surface area contributed by atoms with Crippen LogP contribution in [0.2, 0.25) is 0 Å². The molecule has 0 fully saturated rings. The van der Waals surface area contributed by atoms with E-state index >= 15 is 0 Å². The van der Waals surface area contributed by atoms with Crippen LogP contribution in [0.25, 0.3) is 0 Å². The van der Waals surface area contributed by atoms with E-state index in [0.717, 1.165) is 0 Å². The van der Waals surface area contributed by atoms with Gasteiger partial charge in [0, 0.05) is 0 Å². The molecule has 0 heterocycles. The van der Waals surface area contributed by atoms with Gasteiger partial charge in [-0.2, -0.15) is 0 Å². The van der Waals surface area contributed by atoms with Crippen molar-refractivity contribution in [2.75, 3.05) is 0 Å². The summed E-state index contributed by atoms with van der Waals surface area (Å²) in [5.74, 6) is 0. The second-order valence-corrected chi connectivity index (χ2v) is 7.47. The van der Waals surface area contributed by atoms with Crippen LogP contribution in [-0.4, -0.2) is 0 Å². The molecule has 0 aliphatic heterocycles. The van der Waals surface area contributed by atoms with Crippen LogP contribution in [-0.2, 0) is 15.4 Å². The number of hydrogen-bond acceptors (Lipinski definition) is 0. The molecule has 0 amide bonds. The standard InChI is InChI=1S/C12H18.2ClH.Os/c1-7-8(2)10(4)12(6)11(5)9(7)3;;;/h1-6H3;2*1H;/q;;;+2/p-2. The molecule has 0 unspecified atom stereocenters. The summed E-state index contributed by atoms with van der Waals surface area (Å²) >= 11 is -0.639. The van der Waals surface area contributed by atoms with Gasteiger partial charge < -0.3 is 0 Å². The third kappa shape index (κ3) is 3.74. The van der Waals surface area contributed by atoms with Crippen LogP contribution >= 0.6 is 19.3 Å². The van der Waals surface area contributed by atoms with Crippen molar-refractivity contribution in [2.45, 2.75) is 41.5 Å². The number of halogens is 2. The Kier molecular flexibility index (Phi) is 7.10. The molecule has 15 heavy (non-hydrogen) atoms. The van der Waals surface area contributed by atoms with Gasteiger partial charge in [0.2, 0.25) is 0 Å². The van der Waals surface area contributed by atoms with Crippen LogP contribution in [0.15, 0.2) is 0 Å². The van der Waals surface area contributed by atoms with Gasteiger partial charge in [0.05, 0.1) is 0 Å². The molecule has 0 aliphatic rings. The normalized spacial score (nSPS) is 9.87. The summed E-state index contributed by atoms with van der Waals surface area (Å²) in [6, 6.07) is 0. The number of hydrogen-bond donors (Lipinski definition) is 0. The minimum atomic E-state index is -0.639. The van der Waals surface area contributed by atoms with Gasteiger partial charge in [-0.25, -0.2) is 0 Å². The molecule has 1 rings (SSSR count). The summed E-state index contributed by atoms with van der Waals surface area (Å²) in [6.07, 6.45) is 0. The Morgan fingerprint density at radius 1 is 0.533 bits per heavy atom. The van der Waals surface area contributed by atoms with Crippen LogP contribution in [0.5, 0.6) is 0 Å². The van der Waals surface area contributed by atoms with Gasteiger partial charge in [-0.15, -0.1) is 0 Å². The molecule has 1 aromatic rings. The molecule has 0 aliphatic carbocycles. The van der Waals surface area contributed by atoms with Gasteiger partial charge in [0.1, 0.15) is 0 Å². The van der Waals surface area contributed by atoms with Crippen molar-refractivity contribution in [1.29, 1.82) is 0 Å². The van der Waals surface area contributed by atoms with E-state index in [1.165, 1.54) is 33.4 Å². The van der Waals surface area contributed by atoms with Crippen molar-refractivity contribution >= 4 is 19.3 Å². The first-order valence-electron chi connectivity index (χ1n) is 4.77. The van der Waals surface area contributed by atoms with Crippen molar-refractivity contribution in [3.63, 3.8) is 0 Å². The van der Waals surface area contributed by atoms with Gasteiger partial charge in [-0.3, -0.25) is 0 Å². The van der Waals surface area contributed by atoms with Gasteiger partial charge in [-0.1, -0.05) is 0 Å². The summed E-state index contributed by atoms with van der Waals surface area (Å²) in [4.78, 5) is 0. The van der Waals surface area contributed by atoms with Crippen LogP contribution < -0.4 is 0 Å². The minimum absolute atomic E-state index is 0.639. The SMILES string of the molecule is Cc1c(C)c(C)c(C)c(C)c1C.[Cl][Os][Cl]. The number of benzene rings is 1. The second kappa shape index (κ2) is 6.90. The van der Waals surface area contributed by atoms with Gasteiger partial charge in [-0.05, 0) is 74.9 Å². The van der Waals surface area contributed by atoms with Gasteiger partial charge >= 0.3 is 34.7 Å².